The summed E-state index contributed by atoms with van der Waals surface area (Å²) in [4.78, 5) is 34.4. The molecule has 1 aliphatic carbocycles. The Labute approximate surface area is 200 Å². The summed E-state index contributed by atoms with van der Waals surface area (Å²) in [5.74, 6) is 1.19. The molecule has 3 rings (SSSR count). The SMILES string of the molecule is CCCN1C[C@@H](CC(=O)N(C)CCN(C)c2ccccc2)C[C@@H]2CC(=O)C(=CN(C)C)C[C@H]21. The van der Waals surface area contributed by atoms with E-state index in [0.29, 0.717) is 37.3 Å². The van der Waals surface area contributed by atoms with E-state index in [9.17, 15) is 9.59 Å². The molecule has 1 aromatic carbocycles. The van der Waals surface area contributed by atoms with Crippen LogP contribution in [0.2, 0.25) is 0 Å². The zero-order valence-electron chi connectivity index (χ0n) is 21.2. The third-order valence-electron chi connectivity index (χ3n) is 7.16. The van der Waals surface area contributed by atoms with Gasteiger partial charge in [0, 0.05) is 84.2 Å². The van der Waals surface area contributed by atoms with E-state index in [2.05, 4.69) is 35.9 Å². The summed E-state index contributed by atoms with van der Waals surface area (Å²) >= 11 is 0. The molecular formula is C27H42N4O2. The van der Waals surface area contributed by atoms with Gasteiger partial charge in [-0.2, -0.15) is 0 Å². The molecule has 0 radical (unpaired) electrons. The lowest BCUT2D eigenvalue weighted by Crippen LogP contribution is -2.52. The number of hydrogen-bond acceptors (Lipinski definition) is 5. The maximum atomic E-state index is 13.0. The van der Waals surface area contributed by atoms with E-state index in [1.165, 1.54) is 0 Å². The molecule has 0 spiro atoms. The van der Waals surface area contributed by atoms with Crippen molar-refractivity contribution in [3.05, 3.63) is 42.1 Å². The van der Waals surface area contributed by atoms with E-state index in [1.807, 2.05) is 55.3 Å². The second-order valence-corrected chi connectivity index (χ2v) is 10.1. The number of rotatable bonds is 9. The van der Waals surface area contributed by atoms with Crippen LogP contribution in [0.25, 0.3) is 0 Å². The highest BCUT2D eigenvalue weighted by Gasteiger charge is 2.41. The number of anilines is 1. The van der Waals surface area contributed by atoms with Crippen LogP contribution in [-0.2, 0) is 9.59 Å². The molecule has 1 heterocycles. The Kier molecular flexibility index (Phi) is 8.95. The summed E-state index contributed by atoms with van der Waals surface area (Å²) in [5, 5.41) is 0. The van der Waals surface area contributed by atoms with E-state index in [1.54, 1.807) is 0 Å². The summed E-state index contributed by atoms with van der Waals surface area (Å²) in [5.41, 5.74) is 2.12. The van der Waals surface area contributed by atoms with E-state index in [4.69, 9.17) is 0 Å². The number of benzene rings is 1. The van der Waals surface area contributed by atoms with Crippen LogP contribution in [0.5, 0.6) is 0 Å². The lowest BCUT2D eigenvalue weighted by Gasteiger charge is -2.47. The third kappa shape index (κ3) is 6.83. The first-order valence-electron chi connectivity index (χ1n) is 12.4. The molecule has 3 atom stereocenters. The summed E-state index contributed by atoms with van der Waals surface area (Å²) in [6.07, 6.45) is 6.11. The Balaban J connectivity index is 1.56. The van der Waals surface area contributed by atoms with Crippen molar-refractivity contribution >= 4 is 17.4 Å². The fourth-order valence-corrected chi connectivity index (χ4v) is 5.42. The van der Waals surface area contributed by atoms with Crippen molar-refractivity contribution in [2.24, 2.45) is 11.8 Å². The Morgan fingerprint density at radius 2 is 1.82 bits per heavy atom. The number of fused-ring (bicyclic) bond motifs is 1. The average Bonchev–Trinajstić information content (AvgIpc) is 2.78. The number of carbonyl (C=O) groups is 2. The molecule has 33 heavy (non-hydrogen) atoms. The van der Waals surface area contributed by atoms with E-state index < -0.39 is 0 Å². The highest BCUT2D eigenvalue weighted by molar-refractivity contribution is 5.96. The zero-order chi connectivity index (χ0) is 24.0. The molecule has 2 aliphatic rings. The van der Waals surface area contributed by atoms with Crippen molar-refractivity contribution in [3.63, 3.8) is 0 Å². The van der Waals surface area contributed by atoms with Gasteiger partial charge in [-0.25, -0.2) is 0 Å². The lowest BCUT2D eigenvalue weighted by atomic mass is 9.72. The minimum atomic E-state index is 0.215. The molecule has 1 amide bonds. The Morgan fingerprint density at radius 3 is 2.48 bits per heavy atom. The Hall–Kier alpha value is -2.34. The van der Waals surface area contributed by atoms with E-state index >= 15 is 0 Å². The number of amides is 1. The van der Waals surface area contributed by atoms with Crippen LogP contribution in [-0.4, -0.2) is 86.8 Å². The highest BCUT2D eigenvalue weighted by atomic mass is 16.2. The van der Waals surface area contributed by atoms with Gasteiger partial charge in [0.2, 0.25) is 5.91 Å². The van der Waals surface area contributed by atoms with Crippen molar-refractivity contribution in [2.75, 3.05) is 59.3 Å². The molecule has 182 valence electrons. The number of carbonyl (C=O) groups excluding carboxylic acids is 2. The molecule has 0 unspecified atom stereocenters. The quantitative estimate of drug-likeness (QED) is 0.535. The summed E-state index contributed by atoms with van der Waals surface area (Å²) in [6.45, 7) is 5.72. The van der Waals surface area contributed by atoms with Gasteiger partial charge in [-0.15, -0.1) is 0 Å². The largest absolute Gasteiger partial charge is 0.383 e. The van der Waals surface area contributed by atoms with Gasteiger partial charge >= 0.3 is 0 Å². The zero-order valence-corrected chi connectivity index (χ0v) is 21.2. The first-order chi connectivity index (χ1) is 15.8. The lowest BCUT2D eigenvalue weighted by molar-refractivity contribution is -0.131. The Bertz CT molecular complexity index is 823. The van der Waals surface area contributed by atoms with Crippen LogP contribution in [0.15, 0.2) is 42.1 Å². The monoisotopic (exact) mass is 454 g/mol. The van der Waals surface area contributed by atoms with Gasteiger partial charge in [0.1, 0.15) is 0 Å². The second kappa shape index (κ2) is 11.7. The summed E-state index contributed by atoms with van der Waals surface area (Å²) < 4.78 is 0. The standard InChI is InChI=1S/C27H42N4O2/c1-6-12-31-19-21(15-22-18-26(32)23(17-25(22)31)20-28(2)3)16-27(33)30(5)14-13-29(4)24-10-8-7-9-11-24/h7-11,20-22,25H,6,12-19H2,1-5H3/t21-,22-,25-/m1/s1. The maximum absolute atomic E-state index is 13.0. The Morgan fingerprint density at radius 1 is 1.09 bits per heavy atom. The molecule has 0 aromatic heterocycles. The van der Waals surface area contributed by atoms with Crippen molar-refractivity contribution in [1.82, 2.24) is 14.7 Å². The minimum absolute atomic E-state index is 0.215. The molecule has 2 fully saturated rings. The number of piperidine rings is 1. The minimum Gasteiger partial charge on any atom is -0.383 e. The molecule has 1 aromatic rings. The topological polar surface area (TPSA) is 47.1 Å². The number of likely N-dealkylation sites (tertiary alicyclic amines) is 1. The van der Waals surface area contributed by atoms with Crippen molar-refractivity contribution in [2.45, 2.75) is 45.1 Å². The van der Waals surface area contributed by atoms with Crippen molar-refractivity contribution < 1.29 is 9.59 Å². The number of hydrogen-bond donors (Lipinski definition) is 0. The molecule has 1 aliphatic heterocycles. The highest BCUT2D eigenvalue weighted by Crippen LogP contribution is 2.39. The van der Waals surface area contributed by atoms with Crippen molar-refractivity contribution in [3.8, 4) is 0 Å². The predicted molar refractivity (Wildman–Crippen MR) is 135 cm³/mol. The number of ketones is 1. The van der Waals surface area contributed by atoms with Crippen LogP contribution >= 0.6 is 0 Å². The molecule has 0 bridgehead atoms. The fraction of sp³-hybridized carbons (Fsp3) is 0.630. The molecular weight excluding hydrogens is 412 g/mol. The van der Waals surface area contributed by atoms with Crippen LogP contribution in [0.1, 0.15) is 39.0 Å². The number of Topliss-reactive ketones (excluding diaryl/α,β-unsaturated/α-hetero) is 1. The summed E-state index contributed by atoms with van der Waals surface area (Å²) in [7, 11) is 7.94. The van der Waals surface area contributed by atoms with E-state index in [-0.39, 0.29) is 11.7 Å². The third-order valence-corrected chi connectivity index (χ3v) is 7.16. The van der Waals surface area contributed by atoms with Crippen LogP contribution in [0, 0.1) is 11.8 Å². The van der Waals surface area contributed by atoms with Gasteiger partial charge in [0.15, 0.2) is 5.78 Å². The average molecular weight is 455 g/mol. The van der Waals surface area contributed by atoms with Crippen LogP contribution in [0.4, 0.5) is 5.69 Å². The first-order valence-corrected chi connectivity index (χ1v) is 12.4. The van der Waals surface area contributed by atoms with Gasteiger partial charge in [-0.1, -0.05) is 25.1 Å². The molecule has 1 saturated heterocycles. The van der Waals surface area contributed by atoms with Gasteiger partial charge in [-0.05, 0) is 49.8 Å². The van der Waals surface area contributed by atoms with Gasteiger partial charge in [-0.3, -0.25) is 14.5 Å². The normalized spacial score (nSPS) is 24.5. The molecule has 1 saturated carbocycles. The number of nitrogens with zero attached hydrogens (tertiary/aromatic N) is 4. The maximum Gasteiger partial charge on any atom is 0.222 e. The smallest absolute Gasteiger partial charge is 0.222 e. The van der Waals surface area contributed by atoms with Crippen LogP contribution in [0.3, 0.4) is 0 Å². The molecule has 6 nitrogen and oxygen atoms in total. The second-order valence-electron chi connectivity index (χ2n) is 10.1. The molecule has 6 heteroatoms. The van der Waals surface area contributed by atoms with E-state index in [0.717, 1.165) is 50.2 Å². The summed E-state index contributed by atoms with van der Waals surface area (Å²) in [6, 6.07) is 10.7. The van der Waals surface area contributed by atoms with Gasteiger partial charge in [0.25, 0.3) is 0 Å². The first kappa shape index (κ1) is 25.3. The number of para-hydroxylation sites is 1. The number of likely N-dealkylation sites (N-methyl/N-ethyl adjacent to an activating group) is 2. The van der Waals surface area contributed by atoms with Crippen molar-refractivity contribution in [1.29, 1.82) is 0 Å². The van der Waals surface area contributed by atoms with Gasteiger partial charge < -0.3 is 14.7 Å². The molecule has 0 N–H and O–H groups in total. The van der Waals surface area contributed by atoms with Crippen LogP contribution < -0.4 is 4.90 Å². The fourth-order valence-electron chi connectivity index (χ4n) is 5.42. The van der Waals surface area contributed by atoms with Gasteiger partial charge in [0.05, 0.1) is 0 Å². The predicted octanol–water partition coefficient (Wildman–Crippen LogP) is 3.50.